The summed E-state index contributed by atoms with van der Waals surface area (Å²) < 4.78 is 6.08. The highest BCUT2D eigenvalue weighted by atomic mass is 32.2. The van der Waals surface area contributed by atoms with Crippen LogP contribution in [0.15, 0.2) is 35.8 Å². The van der Waals surface area contributed by atoms with E-state index in [1.165, 1.54) is 0 Å². The summed E-state index contributed by atoms with van der Waals surface area (Å²) in [4.78, 5) is 9.93. The molecule has 0 radical (unpaired) electrons. The van der Waals surface area contributed by atoms with Gasteiger partial charge < -0.3 is 4.74 Å². The van der Waals surface area contributed by atoms with Crippen LogP contribution in [0.4, 0.5) is 0 Å². The van der Waals surface area contributed by atoms with E-state index in [1.807, 2.05) is 30.6 Å². The van der Waals surface area contributed by atoms with Crippen molar-refractivity contribution in [1.29, 1.82) is 0 Å². The predicted molar refractivity (Wildman–Crippen MR) is 89.8 cm³/mol. The molecule has 2 aromatic rings. The molecule has 23 heavy (non-hydrogen) atoms. The number of hydrogen-bond donors (Lipinski definition) is 2. The van der Waals surface area contributed by atoms with Crippen molar-refractivity contribution in [3.8, 4) is 0 Å². The molecule has 126 valence electrons. The average molecular weight is 356 g/mol. The van der Waals surface area contributed by atoms with Gasteiger partial charge in [0.25, 0.3) is 0 Å². The van der Waals surface area contributed by atoms with Crippen LogP contribution in [0.1, 0.15) is 22.2 Å². The molecule has 0 saturated heterocycles. The number of thioether (sulfide) groups is 1. The second-order valence-corrected chi connectivity index (χ2v) is 6.77. The first-order valence-corrected chi connectivity index (χ1v) is 9.17. The van der Waals surface area contributed by atoms with E-state index in [9.17, 15) is 0 Å². The molecule has 1 heterocycles. The Hall–Kier alpha value is -1.00. The Morgan fingerprint density at radius 3 is 2.61 bits per heavy atom. The van der Waals surface area contributed by atoms with Gasteiger partial charge in [-0.25, -0.2) is 9.82 Å². The minimum Gasteiger partial charge on any atom is -0.367 e. The zero-order valence-corrected chi connectivity index (χ0v) is 14.4. The molecule has 0 amide bonds. The van der Waals surface area contributed by atoms with E-state index < -0.39 is 0 Å². The Labute approximate surface area is 143 Å². The molecule has 1 aromatic carbocycles. The van der Waals surface area contributed by atoms with E-state index in [0.717, 1.165) is 21.9 Å². The molecule has 8 heteroatoms. The molecular formula is C15H20N2O4S2. The molecule has 1 atom stereocenters. The molecule has 0 spiro atoms. The summed E-state index contributed by atoms with van der Waals surface area (Å²) in [5, 5.41) is 16.6. The fourth-order valence-electron chi connectivity index (χ4n) is 2.02. The van der Waals surface area contributed by atoms with Crippen LogP contribution in [0.25, 0.3) is 0 Å². The molecule has 0 aliphatic heterocycles. The van der Waals surface area contributed by atoms with Crippen LogP contribution >= 0.6 is 23.1 Å². The van der Waals surface area contributed by atoms with E-state index in [1.54, 1.807) is 23.1 Å². The summed E-state index contributed by atoms with van der Waals surface area (Å²) in [5.41, 5.74) is 3.95. The van der Waals surface area contributed by atoms with Crippen LogP contribution in [0.3, 0.4) is 0 Å². The van der Waals surface area contributed by atoms with Gasteiger partial charge in [0, 0.05) is 11.5 Å². The van der Waals surface area contributed by atoms with Gasteiger partial charge in [0.05, 0.1) is 34.7 Å². The molecule has 0 bridgehead atoms. The van der Waals surface area contributed by atoms with Gasteiger partial charge in [-0.05, 0) is 12.5 Å². The van der Waals surface area contributed by atoms with Crippen LogP contribution in [-0.4, -0.2) is 45.5 Å². The number of nitrogens with zero attached hydrogens (tertiary/aromatic N) is 2. The first-order chi connectivity index (χ1) is 11.2. The van der Waals surface area contributed by atoms with Gasteiger partial charge >= 0.3 is 0 Å². The number of benzene rings is 1. The smallest absolute Gasteiger partial charge is 0.119 e. The Balaban J connectivity index is 1.84. The lowest BCUT2D eigenvalue weighted by molar-refractivity contribution is -0.490. The summed E-state index contributed by atoms with van der Waals surface area (Å²) in [6.07, 6.45) is -0.106. The van der Waals surface area contributed by atoms with Crippen LogP contribution in [0.5, 0.6) is 0 Å². The largest absolute Gasteiger partial charge is 0.367 e. The van der Waals surface area contributed by atoms with E-state index in [2.05, 4.69) is 22.0 Å². The molecule has 0 aliphatic rings. The van der Waals surface area contributed by atoms with Crippen molar-refractivity contribution in [2.24, 2.45) is 0 Å². The second kappa shape index (κ2) is 9.99. The standard InChI is InChI=1S/C15H20N2O4S2/c1-12-15(23-11-16-12)14(13-5-3-2-4-6-13)20-7-9-22-10-8-21-17(18)19/h2-6,11,14,18-19H,7-10H2,1H3. The Morgan fingerprint density at radius 2 is 1.96 bits per heavy atom. The average Bonchev–Trinajstić information content (AvgIpc) is 2.96. The van der Waals surface area contributed by atoms with Gasteiger partial charge in [-0.2, -0.15) is 11.8 Å². The van der Waals surface area contributed by atoms with Gasteiger partial charge in [0.15, 0.2) is 0 Å². The van der Waals surface area contributed by atoms with Crippen LogP contribution in [0.2, 0.25) is 0 Å². The molecule has 0 fully saturated rings. The summed E-state index contributed by atoms with van der Waals surface area (Å²) in [7, 11) is 0. The number of aromatic nitrogens is 1. The maximum absolute atomic E-state index is 8.41. The van der Waals surface area contributed by atoms with E-state index in [-0.39, 0.29) is 18.1 Å². The Bertz CT molecular complexity index is 566. The highest BCUT2D eigenvalue weighted by molar-refractivity contribution is 7.99. The van der Waals surface area contributed by atoms with E-state index in [0.29, 0.717) is 12.4 Å². The summed E-state index contributed by atoms with van der Waals surface area (Å²) in [5.74, 6) is 1.44. The fraction of sp³-hybridized carbons (Fsp3) is 0.400. The van der Waals surface area contributed by atoms with Crippen molar-refractivity contribution in [1.82, 2.24) is 10.4 Å². The number of aryl methyl sites for hydroxylation is 1. The third-order valence-corrected chi connectivity index (χ3v) is 4.95. The fourth-order valence-corrected chi connectivity index (χ4v) is 3.50. The van der Waals surface area contributed by atoms with E-state index >= 15 is 0 Å². The Kier molecular flexibility index (Phi) is 7.96. The van der Waals surface area contributed by atoms with Crippen molar-refractivity contribution < 1.29 is 20.0 Å². The maximum atomic E-state index is 8.41. The molecule has 1 unspecified atom stereocenters. The SMILES string of the molecule is Cc1ncsc1C(OCCSCCON(O)O)c1ccccc1. The highest BCUT2D eigenvalue weighted by Crippen LogP contribution is 2.31. The summed E-state index contributed by atoms with van der Waals surface area (Å²) in [6, 6.07) is 10.1. The van der Waals surface area contributed by atoms with Gasteiger partial charge in [-0.3, -0.25) is 10.4 Å². The maximum Gasteiger partial charge on any atom is 0.119 e. The molecule has 2 N–H and O–H groups in total. The number of ether oxygens (including phenoxy) is 1. The van der Waals surface area contributed by atoms with Gasteiger partial charge in [0.1, 0.15) is 6.10 Å². The third kappa shape index (κ3) is 6.19. The lowest BCUT2D eigenvalue weighted by atomic mass is 10.1. The van der Waals surface area contributed by atoms with Gasteiger partial charge in [-0.1, -0.05) is 30.3 Å². The van der Waals surface area contributed by atoms with Crippen LogP contribution in [-0.2, 0) is 9.57 Å². The quantitative estimate of drug-likeness (QED) is 0.500. The van der Waals surface area contributed by atoms with Crippen molar-refractivity contribution in [3.63, 3.8) is 0 Å². The van der Waals surface area contributed by atoms with Crippen LogP contribution < -0.4 is 0 Å². The van der Waals surface area contributed by atoms with Crippen molar-refractivity contribution in [3.05, 3.63) is 52.0 Å². The molecular weight excluding hydrogens is 336 g/mol. The van der Waals surface area contributed by atoms with Crippen molar-refractivity contribution >= 4 is 23.1 Å². The minimum atomic E-state index is -0.269. The Morgan fingerprint density at radius 1 is 1.22 bits per heavy atom. The molecule has 6 nitrogen and oxygen atoms in total. The first kappa shape index (κ1) is 18.3. The van der Waals surface area contributed by atoms with Crippen molar-refractivity contribution in [2.45, 2.75) is 13.0 Å². The lowest BCUT2D eigenvalue weighted by Gasteiger charge is -2.17. The highest BCUT2D eigenvalue weighted by Gasteiger charge is 2.18. The van der Waals surface area contributed by atoms with E-state index in [4.69, 9.17) is 15.2 Å². The van der Waals surface area contributed by atoms with Crippen molar-refractivity contribution in [2.75, 3.05) is 24.7 Å². The second-order valence-electron chi connectivity index (χ2n) is 4.66. The van der Waals surface area contributed by atoms with Crippen LogP contribution in [0, 0.1) is 6.92 Å². The van der Waals surface area contributed by atoms with Gasteiger partial charge in [0.2, 0.25) is 0 Å². The predicted octanol–water partition coefficient (Wildman–Crippen LogP) is 3.30. The molecule has 1 aromatic heterocycles. The lowest BCUT2D eigenvalue weighted by Crippen LogP contribution is -2.16. The number of thiazole rings is 1. The molecule has 0 aliphatic carbocycles. The minimum absolute atomic E-state index is 0.106. The normalized spacial score (nSPS) is 12.7. The first-order valence-electron chi connectivity index (χ1n) is 7.13. The summed E-state index contributed by atoms with van der Waals surface area (Å²) in [6.45, 7) is 2.81. The molecule has 0 saturated carbocycles. The van der Waals surface area contributed by atoms with Gasteiger partial charge in [-0.15, -0.1) is 11.3 Å². The number of hydrogen-bond acceptors (Lipinski definition) is 8. The molecule has 2 rings (SSSR count). The summed E-state index contributed by atoms with van der Waals surface area (Å²) >= 11 is 3.23. The third-order valence-electron chi connectivity index (χ3n) is 3.07. The monoisotopic (exact) mass is 356 g/mol. The number of rotatable bonds is 10. The topological polar surface area (TPSA) is 75.1 Å². The zero-order chi connectivity index (χ0) is 16.5. The zero-order valence-electron chi connectivity index (χ0n) is 12.8.